The standard InChI is InChI=1S/C10H19N3OS/c1-9(2)7-14-5-3-4-13-6-10(8-15)11-12-13/h6,9,15H,3-5,7-8H2,1-2H3. The summed E-state index contributed by atoms with van der Waals surface area (Å²) >= 11 is 4.13. The Morgan fingerprint density at radius 2 is 2.33 bits per heavy atom. The zero-order valence-corrected chi connectivity index (χ0v) is 10.3. The van der Waals surface area contributed by atoms with Gasteiger partial charge >= 0.3 is 0 Å². The van der Waals surface area contributed by atoms with Crippen LogP contribution in [0.25, 0.3) is 0 Å². The Morgan fingerprint density at radius 1 is 1.53 bits per heavy atom. The second kappa shape index (κ2) is 6.85. The van der Waals surface area contributed by atoms with Crippen LogP contribution in [0.3, 0.4) is 0 Å². The SMILES string of the molecule is CC(C)COCCCn1cc(CS)nn1. The molecule has 0 N–H and O–H groups in total. The lowest BCUT2D eigenvalue weighted by Crippen LogP contribution is -2.06. The van der Waals surface area contributed by atoms with Crippen molar-refractivity contribution in [1.29, 1.82) is 0 Å². The highest BCUT2D eigenvalue weighted by Crippen LogP contribution is 1.99. The van der Waals surface area contributed by atoms with Crippen LogP contribution in [0.1, 0.15) is 26.0 Å². The third-order valence-corrected chi connectivity index (χ3v) is 2.20. The van der Waals surface area contributed by atoms with Crippen LogP contribution in [0.4, 0.5) is 0 Å². The Labute approximate surface area is 96.4 Å². The van der Waals surface area contributed by atoms with Crippen LogP contribution in [-0.4, -0.2) is 28.2 Å². The molecule has 0 fully saturated rings. The van der Waals surface area contributed by atoms with Crippen LogP contribution in [0, 0.1) is 5.92 Å². The molecule has 0 atom stereocenters. The van der Waals surface area contributed by atoms with E-state index >= 15 is 0 Å². The average molecular weight is 229 g/mol. The van der Waals surface area contributed by atoms with Gasteiger partial charge in [-0.1, -0.05) is 19.1 Å². The number of aromatic nitrogens is 3. The highest BCUT2D eigenvalue weighted by molar-refractivity contribution is 7.79. The van der Waals surface area contributed by atoms with Crippen molar-refractivity contribution in [1.82, 2.24) is 15.0 Å². The van der Waals surface area contributed by atoms with Gasteiger partial charge in [-0.2, -0.15) is 12.6 Å². The summed E-state index contributed by atoms with van der Waals surface area (Å²) in [6, 6.07) is 0. The zero-order valence-electron chi connectivity index (χ0n) is 9.39. The summed E-state index contributed by atoms with van der Waals surface area (Å²) in [5, 5.41) is 7.94. The summed E-state index contributed by atoms with van der Waals surface area (Å²) in [5.41, 5.74) is 0.918. The van der Waals surface area contributed by atoms with Gasteiger partial charge in [-0.05, 0) is 12.3 Å². The highest BCUT2D eigenvalue weighted by Gasteiger charge is 1.98. The first-order valence-electron chi connectivity index (χ1n) is 5.30. The molecule has 86 valence electrons. The third-order valence-electron chi connectivity index (χ3n) is 1.88. The minimum atomic E-state index is 0.604. The number of aryl methyl sites for hydroxylation is 1. The zero-order chi connectivity index (χ0) is 11.1. The molecule has 0 unspecified atom stereocenters. The molecule has 1 heterocycles. The van der Waals surface area contributed by atoms with Gasteiger partial charge in [-0.15, -0.1) is 5.10 Å². The van der Waals surface area contributed by atoms with Gasteiger partial charge in [0.2, 0.25) is 0 Å². The lowest BCUT2D eigenvalue weighted by molar-refractivity contribution is 0.104. The van der Waals surface area contributed by atoms with Crippen LogP contribution < -0.4 is 0 Å². The molecule has 0 bridgehead atoms. The van der Waals surface area contributed by atoms with Gasteiger partial charge in [0, 0.05) is 31.7 Å². The predicted molar refractivity (Wildman–Crippen MR) is 63.0 cm³/mol. The summed E-state index contributed by atoms with van der Waals surface area (Å²) in [6.45, 7) is 6.78. The van der Waals surface area contributed by atoms with Gasteiger partial charge in [-0.25, -0.2) is 0 Å². The fourth-order valence-corrected chi connectivity index (χ4v) is 1.31. The summed E-state index contributed by atoms with van der Waals surface area (Å²) in [6.07, 6.45) is 2.90. The number of rotatable bonds is 7. The normalized spacial score (nSPS) is 11.2. The lowest BCUT2D eigenvalue weighted by Gasteiger charge is -2.06. The predicted octanol–water partition coefficient (Wildman–Crippen LogP) is 1.77. The molecule has 1 rings (SSSR count). The van der Waals surface area contributed by atoms with E-state index in [4.69, 9.17) is 4.74 Å². The third kappa shape index (κ3) is 5.18. The minimum absolute atomic E-state index is 0.604. The molecule has 0 saturated carbocycles. The highest BCUT2D eigenvalue weighted by atomic mass is 32.1. The first kappa shape index (κ1) is 12.5. The van der Waals surface area contributed by atoms with E-state index in [0.717, 1.165) is 31.9 Å². The Hall–Kier alpha value is -0.550. The van der Waals surface area contributed by atoms with Crippen LogP contribution >= 0.6 is 12.6 Å². The summed E-state index contributed by atoms with van der Waals surface area (Å²) < 4.78 is 7.31. The summed E-state index contributed by atoms with van der Waals surface area (Å²) in [7, 11) is 0. The van der Waals surface area contributed by atoms with Gasteiger partial charge < -0.3 is 4.74 Å². The molecule has 1 aromatic rings. The second-order valence-corrected chi connectivity index (χ2v) is 4.27. The monoisotopic (exact) mass is 229 g/mol. The summed E-state index contributed by atoms with van der Waals surface area (Å²) in [4.78, 5) is 0. The average Bonchev–Trinajstić information content (AvgIpc) is 2.65. The number of ether oxygens (including phenoxy) is 1. The Kier molecular flexibility index (Phi) is 5.71. The van der Waals surface area contributed by atoms with Crippen molar-refractivity contribution in [3.05, 3.63) is 11.9 Å². The van der Waals surface area contributed by atoms with Crippen molar-refractivity contribution >= 4 is 12.6 Å². The van der Waals surface area contributed by atoms with Gasteiger partial charge in [0.05, 0.1) is 5.69 Å². The molecule has 0 amide bonds. The first-order chi connectivity index (χ1) is 7.22. The van der Waals surface area contributed by atoms with E-state index < -0.39 is 0 Å². The number of hydrogen-bond acceptors (Lipinski definition) is 4. The lowest BCUT2D eigenvalue weighted by atomic mass is 10.2. The van der Waals surface area contributed by atoms with Gasteiger partial charge in [0.15, 0.2) is 0 Å². The quantitative estimate of drug-likeness (QED) is 0.572. The van der Waals surface area contributed by atoms with Crippen molar-refractivity contribution in [2.24, 2.45) is 5.92 Å². The van der Waals surface area contributed by atoms with Crippen LogP contribution in [0.5, 0.6) is 0 Å². The van der Waals surface area contributed by atoms with Crippen LogP contribution in [0.2, 0.25) is 0 Å². The van der Waals surface area contributed by atoms with Crippen molar-refractivity contribution in [2.75, 3.05) is 13.2 Å². The van der Waals surface area contributed by atoms with Crippen LogP contribution in [0.15, 0.2) is 6.20 Å². The molecule has 1 aromatic heterocycles. The van der Waals surface area contributed by atoms with Gasteiger partial charge in [0.1, 0.15) is 0 Å². The Balaban J connectivity index is 2.09. The van der Waals surface area contributed by atoms with Gasteiger partial charge in [-0.3, -0.25) is 4.68 Å². The van der Waals surface area contributed by atoms with Crippen molar-refractivity contribution < 1.29 is 4.74 Å². The Morgan fingerprint density at radius 3 is 2.93 bits per heavy atom. The maximum Gasteiger partial charge on any atom is 0.0923 e. The van der Waals surface area contributed by atoms with Crippen molar-refractivity contribution in [3.8, 4) is 0 Å². The molecular formula is C10H19N3OS. The molecule has 0 radical (unpaired) electrons. The van der Waals surface area contributed by atoms with E-state index in [1.54, 1.807) is 0 Å². The van der Waals surface area contributed by atoms with Crippen molar-refractivity contribution in [3.63, 3.8) is 0 Å². The first-order valence-corrected chi connectivity index (χ1v) is 5.93. The maximum absolute atomic E-state index is 5.47. The van der Waals surface area contributed by atoms with Crippen LogP contribution in [-0.2, 0) is 17.0 Å². The number of hydrogen-bond donors (Lipinski definition) is 1. The molecule has 0 spiro atoms. The smallest absolute Gasteiger partial charge is 0.0923 e. The topological polar surface area (TPSA) is 39.9 Å². The van der Waals surface area contributed by atoms with Gasteiger partial charge in [0.25, 0.3) is 0 Å². The fourth-order valence-electron chi connectivity index (χ4n) is 1.17. The van der Waals surface area contributed by atoms with E-state index in [-0.39, 0.29) is 0 Å². The van der Waals surface area contributed by atoms with Crippen molar-refractivity contribution in [2.45, 2.75) is 32.6 Å². The largest absolute Gasteiger partial charge is 0.381 e. The molecule has 0 saturated heterocycles. The molecule has 0 aromatic carbocycles. The maximum atomic E-state index is 5.47. The minimum Gasteiger partial charge on any atom is -0.381 e. The molecular weight excluding hydrogens is 210 g/mol. The Bertz CT molecular complexity index is 275. The summed E-state index contributed by atoms with van der Waals surface area (Å²) in [5.74, 6) is 1.25. The number of nitrogens with zero attached hydrogens (tertiary/aromatic N) is 3. The van der Waals surface area contributed by atoms with E-state index in [9.17, 15) is 0 Å². The van der Waals surface area contributed by atoms with E-state index in [1.165, 1.54) is 0 Å². The second-order valence-electron chi connectivity index (χ2n) is 3.95. The molecule has 5 heteroatoms. The fraction of sp³-hybridized carbons (Fsp3) is 0.800. The molecule has 0 aliphatic heterocycles. The molecule has 0 aliphatic rings. The number of thiol groups is 1. The van der Waals surface area contributed by atoms with E-state index in [2.05, 4.69) is 36.8 Å². The molecule has 0 aliphatic carbocycles. The molecule has 4 nitrogen and oxygen atoms in total. The van der Waals surface area contributed by atoms with E-state index in [0.29, 0.717) is 11.7 Å². The molecule has 15 heavy (non-hydrogen) atoms. The van der Waals surface area contributed by atoms with E-state index in [1.807, 2.05) is 10.9 Å².